The first-order valence-electron chi connectivity index (χ1n) is 5.65. The first-order valence-corrected chi connectivity index (χ1v) is 6.02. The van der Waals surface area contributed by atoms with Crippen LogP contribution in [0.5, 0.6) is 5.75 Å². The van der Waals surface area contributed by atoms with Gasteiger partial charge in [0.05, 0.1) is 0 Å². The lowest BCUT2D eigenvalue weighted by Crippen LogP contribution is -2.08. The van der Waals surface area contributed by atoms with E-state index < -0.39 is 0 Å². The van der Waals surface area contributed by atoms with E-state index in [0.717, 1.165) is 23.6 Å². The normalized spacial score (nSPS) is 10.6. The summed E-state index contributed by atoms with van der Waals surface area (Å²) in [4.78, 5) is 4.10. The van der Waals surface area contributed by atoms with Gasteiger partial charge in [-0.1, -0.05) is 11.6 Å². The minimum atomic E-state index is 0.371. The molecule has 1 aromatic carbocycles. The summed E-state index contributed by atoms with van der Waals surface area (Å²) in [5.41, 5.74) is 6.58. The molecule has 0 bridgehead atoms. The van der Waals surface area contributed by atoms with Crippen molar-refractivity contribution in [2.75, 3.05) is 6.54 Å². The van der Waals surface area contributed by atoms with Gasteiger partial charge >= 0.3 is 0 Å². The van der Waals surface area contributed by atoms with Crippen LogP contribution >= 0.6 is 11.6 Å². The van der Waals surface area contributed by atoms with Gasteiger partial charge in [0.15, 0.2) is 5.82 Å². The van der Waals surface area contributed by atoms with Crippen molar-refractivity contribution in [3.63, 3.8) is 0 Å². The fourth-order valence-electron chi connectivity index (χ4n) is 1.63. The van der Waals surface area contributed by atoms with Crippen molar-refractivity contribution in [3.8, 4) is 5.75 Å². The zero-order valence-corrected chi connectivity index (χ0v) is 10.9. The van der Waals surface area contributed by atoms with Crippen LogP contribution in [-0.4, -0.2) is 21.3 Å². The van der Waals surface area contributed by atoms with Crippen LogP contribution in [0.2, 0.25) is 5.02 Å². The molecule has 0 aliphatic carbocycles. The number of aromatic nitrogens is 3. The molecule has 0 amide bonds. The third-order valence-corrected chi connectivity index (χ3v) is 2.83. The summed E-state index contributed by atoms with van der Waals surface area (Å²) in [5, 5.41) is 4.67. The number of hydrogen-bond acceptors (Lipinski definition) is 4. The Labute approximate surface area is 111 Å². The molecule has 0 spiro atoms. The predicted molar refractivity (Wildman–Crippen MR) is 69.5 cm³/mol. The minimum absolute atomic E-state index is 0.371. The second kappa shape index (κ2) is 5.84. The molecule has 2 aromatic rings. The maximum absolute atomic E-state index is 5.95. The van der Waals surface area contributed by atoms with Crippen LogP contribution in [0.15, 0.2) is 24.5 Å². The quantitative estimate of drug-likeness (QED) is 0.892. The van der Waals surface area contributed by atoms with Crippen LogP contribution < -0.4 is 10.5 Å². The molecule has 5 nitrogen and oxygen atoms in total. The van der Waals surface area contributed by atoms with E-state index in [9.17, 15) is 0 Å². The van der Waals surface area contributed by atoms with Crippen LogP contribution in [0.4, 0.5) is 0 Å². The minimum Gasteiger partial charge on any atom is -0.485 e. The van der Waals surface area contributed by atoms with Gasteiger partial charge in [-0.05, 0) is 36.7 Å². The Morgan fingerprint density at radius 3 is 2.94 bits per heavy atom. The first kappa shape index (κ1) is 12.9. The fourth-order valence-corrected chi connectivity index (χ4v) is 1.83. The molecule has 0 saturated heterocycles. The number of rotatable bonds is 5. The summed E-state index contributed by atoms with van der Waals surface area (Å²) < 4.78 is 7.41. The van der Waals surface area contributed by atoms with E-state index >= 15 is 0 Å². The molecule has 0 fully saturated rings. The smallest absolute Gasteiger partial charge is 0.164 e. The number of benzene rings is 1. The van der Waals surface area contributed by atoms with Gasteiger partial charge in [-0.3, -0.25) is 4.68 Å². The summed E-state index contributed by atoms with van der Waals surface area (Å²) >= 11 is 5.95. The maximum atomic E-state index is 5.95. The Balaban J connectivity index is 2.11. The van der Waals surface area contributed by atoms with E-state index in [-0.39, 0.29) is 0 Å². The molecule has 1 heterocycles. The molecule has 0 atom stereocenters. The molecular formula is C12H15ClN4O. The Morgan fingerprint density at radius 2 is 2.28 bits per heavy atom. The third kappa shape index (κ3) is 3.00. The van der Waals surface area contributed by atoms with Crippen molar-refractivity contribution in [2.45, 2.75) is 13.0 Å². The second-order valence-electron chi connectivity index (χ2n) is 3.88. The average molecular weight is 267 g/mol. The molecule has 96 valence electrons. The SMILES string of the molecule is Cn1ncnc1COc1ccc(Cl)cc1CCN. The largest absolute Gasteiger partial charge is 0.485 e. The maximum Gasteiger partial charge on any atom is 0.164 e. The Bertz CT molecular complexity index is 527. The monoisotopic (exact) mass is 266 g/mol. The molecule has 18 heavy (non-hydrogen) atoms. The van der Waals surface area contributed by atoms with Crippen molar-refractivity contribution < 1.29 is 4.74 Å². The van der Waals surface area contributed by atoms with Crippen LogP contribution in [0.25, 0.3) is 0 Å². The van der Waals surface area contributed by atoms with E-state index in [1.165, 1.54) is 6.33 Å². The van der Waals surface area contributed by atoms with Crippen LogP contribution in [0.1, 0.15) is 11.4 Å². The highest BCUT2D eigenvalue weighted by Crippen LogP contribution is 2.23. The highest BCUT2D eigenvalue weighted by molar-refractivity contribution is 6.30. The number of nitrogens with zero attached hydrogens (tertiary/aromatic N) is 3. The van der Waals surface area contributed by atoms with Crippen LogP contribution in [-0.2, 0) is 20.1 Å². The number of ether oxygens (including phenoxy) is 1. The number of nitrogens with two attached hydrogens (primary N) is 1. The van der Waals surface area contributed by atoms with Gasteiger partial charge in [-0.2, -0.15) is 5.10 Å². The summed E-state index contributed by atoms with van der Waals surface area (Å²) in [7, 11) is 1.83. The molecule has 1 aromatic heterocycles. The van der Waals surface area contributed by atoms with E-state index in [2.05, 4.69) is 10.1 Å². The van der Waals surface area contributed by atoms with Gasteiger partial charge in [0.2, 0.25) is 0 Å². The average Bonchev–Trinajstić information content (AvgIpc) is 2.74. The third-order valence-electron chi connectivity index (χ3n) is 2.60. The van der Waals surface area contributed by atoms with Crippen molar-refractivity contribution in [1.29, 1.82) is 0 Å². The summed E-state index contributed by atoms with van der Waals surface area (Å²) in [6, 6.07) is 5.53. The van der Waals surface area contributed by atoms with Crippen molar-refractivity contribution >= 4 is 11.6 Å². The van der Waals surface area contributed by atoms with Gasteiger partial charge in [0, 0.05) is 12.1 Å². The van der Waals surface area contributed by atoms with Gasteiger partial charge in [-0.15, -0.1) is 0 Å². The Morgan fingerprint density at radius 1 is 1.44 bits per heavy atom. The molecule has 0 aliphatic rings. The fraction of sp³-hybridized carbons (Fsp3) is 0.333. The number of hydrogen-bond donors (Lipinski definition) is 1. The second-order valence-corrected chi connectivity index (χ2v) is 4.32. The van der Waals surface area contributed by atoms with Crippen molar-refractivity contribution in [1.82, 2.24) is 14.8 Å². The predicted octanol–water partition coefficient (Wildman–Crippen LogP) is 1.55. The highest BCUT2D eigenvalue weighted by Gasteiger charge is 2.06. The lowest BCUT2D eigenvalue weighted by Gasteiger charge is -2.11. The molecule has 6 heteroatoms. The highest BCUT2D eigenvalue weighted by atomic mass is 35.5. The zero-order valence-electron chi connectivity index (χ0n) is 10.1. The molecule has 2 N–H and O–H groups in total. The van der Waals surface area contributed by atoms with E-state index in [0.29, 0.717) is 18.2 Å². The molecule has 0 saturated carbocycles. The topological polar surface area (TPSA) is 66.0 Å². The standard InChI is InChI=1S/C12H15ClN4O/c1-17-12(15-8-16-17)7-18-11-3-2-10(13)6-9(11)4-5-14/h2-3,6,8H,4-5,7,14H2,1H3. The van der Waals surface area contributed by atoms with Gasteiger partial charge in [0.1, 0.15) is 18.7 Å². The van der Waals surface area contributed by atoms with Crippen LogP contribution in [0, 0.1) is 0 Å². The molecule has 2 rings (SSSR count). The summed E-state index contributed by atoms with van der Waals surface area (Å²) in [5.74, 6) is 1.55. The zero-order chi connectivity index (χ0) is 13.0. The number of halogens is 1. The van der Waals surface area contributed by atoms with Crippen molar-refractivity contribution in [2.24, 2.45) is 12.8 Å². The molecule has 0 unspecified atom stereocenters. The summed E-state index contributed by atoms with van der Waals surface area (Å²) in [6.45, 7) is 0.927. The number of aryl methyl sites for hydroxylation is 1. The summed E-state index contributed by atoms with van der Waals surface area (Å²) in [6.07, 6.45) is 2.23. The lowest BCUT2D eigenvalue weighted by atomic mass is 10.1. The van der Waals surface area contributed by atoms with Crippen molar-refractivity contribution in [3.05, 3.63) is 40.9 Å². The van der Waals surface area contributed by atoms with E-state index in [4.69, 9.17) is 22.1 Å². The van der Waals surface area contributed by atoms with E-state index in [1.807, 2.05) is 19.2 Å². The molecule has 0 aliphatic heterocycles. The van der Waals surface area contributed by atoms with E-state index in [1.54, 1.807) is 10.7 Å². The van der Waals surface area contributed by atoms with Gasteiger partial charge in [0.25, 0.3) is 0 Å². The Hall–Kier alpha value is -1.59. The lowest BCUT2D eigenvalue weighted by molar-refractivity contribution is 0.287. The van der Waals surface area contributed by atoms with Gasteiger partial charge < -0.3 is 10.5 Å². The van der Waals surface area contributed by atoms with Crippen LogP contribution in [0.3, 0.4) is 0 Å². The molecule has 0 radical (unpaired) electrons. The Kier molecular flexibility index (Phi) is 4.17. The van der Waals surface area contributed by atoms with Gasteiger partial charge in [-0.25, -0.2) is 4.98 Å². The molecular weight excluding hydrogens is 252 g/mol. The first-order chi connectivity index (χ1) is 8.70.